The van der Waals surface area contributed by atoms with Gasteiger partial charge in [-0.2, -0.15) is 0 Å². The lowest BCUT2D eigenvalue weighted by atomic mass is 9.99. The average molecular weight is 244 g/mol. The van der Waals surface area contributed by atoms with E-state index in [2.05, 4.69) is 10.6 Å². The first-order valence-electron chi connectivity index (χ1n) is 6.22. The number of aliphatic carboxylic acids is 1. The van der Waals surface area contributed by atoms with Crippen molar-refractivity contribution in [2.24, 2.45) is 5.92 Å². The monoisotopic (exact) mass is 244 g/mol. The van der Waals surface area contributed by atoms with Gasteiger partial charge < -0.3 is 15.7 Å². The van der Waals surface area contributed by atoms with Crippen LogP contribution in [0.1, 0.15) is 47.0 Å². The third kappa shape index (κ3) is 6.14. The molecule has 1 unspecified atom stereocenters. The summed E-state index contributed by atoms with van der Waals surface area (Å²) in [4.78, 5) is 22.6. The Labute approximate surface area is 103 Å². The molecule has 0 aliphatic carbocycles. The lowest BCUT2D eigenvalue weighted by Crippen LogP contribution is -2.50. The fraction of sp³-hybridized carbons (Fsp3) is 0.833. The minimum atomic E-state index is -0.988. The highest BCUT2D eigenvalue weighted by molar-refractivity contribution is 5.82. The lowest BCUT2D eigenvalue weighted by molar-refractivity contribution is -0.140. The highest BCUT2D eigenvalue weighted by atomic mass is 16.4. The average Bonchev–Trinajstić information content (AvgIpc) is 2.24. The maximum Gasteiger partial charge on any atom is 0.326 e. The van der Waals surface area contributed by atoms with E-state index in [1.807, 2.05) is 27.7 Å². The molecule has 3 atom stereocenters. The number of hydrogen-bond donors (Lipinski definition) is 3. The highest BCUT2D eigenvalue weighted by Crippen LogP contribution is 2.07. The van der Waals surface area contributed by atoms with E-state index in [1.165, 1.54) is 0 Å². The first kappa shape index (κ1) is 15.7. The Hall–Kier alpha value is -1.26. The molecule has 0 rings (SSSR count). The molecule has 0 aromatic carbocycles. The molecule has 0 bridgehead atoms. The van der Waals surface area contributed by atoms with E-state index in [0.717, 1.165) is 12.8 Å². The van der Waals surface area contributed by atoms with Crippen LogP contribution >= 0.6 is 0 Å². The van der Waals surface area contributed by atoms with Crippen molar-refractivity contribution >= 4 is 12.0 Å². The van der Waals surface area contributed by atoms with Crippen molar-refractivity contribution in [2.45, 2.75) is 59.0 Å². The maximum absolute atomic E-state index is 11.6. The minimum absolute atomic E-state index is 0.0615. The second-order valence-electron chi connectivity index (χ2n) is 4.51. The molecule has 0 heterocycles. The van der Waals surface area contributed by atoms with Crippen LogP contribution in [0.4, 0.5) is 4.79 Å². The van der Waals surface area contributed by atoms with Crippen molar-refractivity contribution in [3.05, 3.63) is 0 Å². The number of carboxylic acids is 1. The van der Waals surface area contributed by atoms with E-state index in [4.69, 9.17) is 5.11 Å². The second kappa shape index (κ2) is 7.92. The van der Waals surface area contributed by atoms with Gasteiger partial charge in [-0.25, -0.2) is 9.59 Å². The summed E-state index contributed by atoms with van der Waals surface area (Å²) in [6.45, 7) is 7.66. The van der Waals surface area contributed by atoms with Crippen molar-refractivity contribution < 1.29 is 14.7 Å². The molecule has 0 aliphatic rings. The fourth-order valence-electron chi connectivity index (χ4n) is 1.59. The molecule has 0 saturated heterocycles. The fourth-order valence-corrected chi connectivity index (χ4v) is 1.59. The van der Waals surface area contributed by atoms with Crippen LogP contribution in [0.5, 0.6) is 0 Å². The van der Waals surface area contributed by atoms with Crippen LogP contribution in [0, 0.1) is 5.92 Å². The standard InChI is InChI=1S/C12H24N2O3/c1-5-7-9(4)13-12(17)14-10(11(15)16)8(3)6-2/h8-10H,5-7H2,1-4H3,(H,15,16)(H2,13,14,17)/t8-,9?,10-/m0/s1. The third-order valence-electron chi connectivity index (χ3n) is 2.86. The zero-order valence-corrected chi connectivity index (χ0v) is 11.1. The Bertz CT molecular complexity index is 256. The van der Waals surface area contributed by atoms with Gasteiger partial charge >= 0.3 is 12.0 Å². The molecule has 0 radical (unpaired) electrons. The molecular weight excluding hydrogens is 220 g/mol. The van der Waals surface area contributed by atoms with Crippen molar-refractivity contribution in [1.29, 1.82) is 0 Å². The summed E-state index contributed by atoms with van der Waals surface area (Å²) in [6.07, 6.45) is 2.57. The zero-order chi connectivity index (χ0) is 13.4. The number of nitrogens with one attached hydrogen (secondary N) is 2. The van der Waals surface area contributed by atoms with Gasteiger partial charge in [0, 0.05) is 6.04 Å². The Morgan fingerprint density at radius 3 is 2.18 bits per heavy atom. The van der Waals surface area contributed by atoms with Gasteiger partial charge in [-0.15, -0.1) is 0 Å². The van der Waals surface area contributed by atoms with E-state index < -0.39 is 18.0 Å². The van der Waals surface area contributed by atoms with E-state index >= 15 is 0 Å². The summed E-state index contributed by atoms with van der Waals surface area (Å²) >= 11 is 0. The third-order valence-corrected chi connectivity index (χ3v) is 2.86. The minimum Gasteiger partial charge on any atom is -0.480 e. The molecule has 5 heteroatoms. The normalized spacial score (nSPS) is 15.8. The zero-order valence-electron chi connectivity index (χ0n) is 11.1. The summed E-state index contributed by atoms with van der Waals surface area (Å²) in [5.74, 6) is -1.07. The number of amides is 2. The van der Waals surface area contributed by atoms with E-state index in [1.54, 1.807) is 0 Å². The molecule has 3 N–H and O–H groups in total. The van der Waals surface area contributed by atoms with Crippen LogP contribution in [-0.2, 0) is 4.79 Å². The maximum atomic E-state index is 11.6. The van der Waals surface area contributed by atoms with Gasteiger partial charge in [0.05, 0.1) is 0 Å². The van der Waals surface area contributed by atoms with Crippen molar-refractivity contribution in [3.63, 3.8) is 0 Å². The quantitative estimate of drug-likeness (QED) is 0.640. The van der Waals surface area contributed by atoms with E-state index in [-0.39, 0.29) is 12.0 Å². The molecular formula is C12H24N2O3. The number of urea groups is 1. The highest BCUT2D eigenvalue weighted by Gasteiger charge is 2.25. The molecule has 0 aromatic rings. The molecule has 0 spiro atoms. The molecule has 0 aliphatic heterocycles. The van der Waals surface area contributed by atoms with Crippen molar-refractivity contribution in [3.8, 4) is 0 Å². The van der Waals surface area contributed by atoms with Crippen LogP contribution in [0.3, 0.4) is 0 Å². The van der Waals surface area contributed by atoms with Crippen molar-refractivity contribution in [1.82, 2.24) is 10.6 Å². The number of rotatable bonds is 7. The van der Waals surface area contributed by atoms with Gasteiger partial charge in [-0.3, -0.25) is 0 Å². The van der Waals surface area contributed by atoms with Gasteiger partial charge in [0.2, 0.25) is 0 Å². The smallest absolute Gasteiger partial charge is 0.326 e. The van der Waals surface area contributed by atoms with E-state index in [9.17, 15) is 9.59 Å². The van der Waals surface area contributed by atoms with Gasteiger partial charge in [0.15, 0.2) is 0 Å². The Morgan fingerprint density at radius 1 is 1.18 bits per heavy atom. The second-order valence-corrected chi connectivity index (χ2v) is 4.51. The van der Waals surface area contributed by atoms with Gasteiger partial charge in [0.25, 0.3) is 0 Å². The SMILES string of the molecule is CCCC(C)NC(=O)N[C@H](C(=O)O)[C@@H](C)CC. The van der Waals surface area contributed by atoms with Crippen LogP contribution in [0.25, 0.3) is 0 Å². The summed E-state index contributed by atoms with van der Waals surface area (Å²) in [5, 5.41) is 14.3. The number of hydrogen-bond acceptors (Lipinski definition) is 2. The molecule has 0 saturated carbocycles. The first-order chi connectivity index (χ1) is 7.92. The molecule has 5 nitrogen and oxygen atoms in total. The predicted molar refractivity (Wildman–Crippen MR) is 66.9 cm³/mol. The summed E-state index contributed by atoms with van der Waals surface area (Å²) < 4.78 is 0. The van der Waals surface area contributed by atoms with Crippen LogP contribution < -0.4 is 10.6 Å². The summed E-state index contributed by atoms with van der Waals surface area (Å²) in [7, 11) is 0. The number of carbonyl (C=O) groups is 2. The molecule has 0 aromatic heterocycles. The Balaban J connectivity index is 4.27. The Morgan fingerprint density at radius 2 is 1.76 bits per heavy atom. The number of carboxylic acid groups (broad SMARTS) is 1. The molecule has 2 amide bonds. The molecule has 0 fully saturated rings. The van der Waals surface area contributed by atoms with Crippen LogP contribution in [0.2, 0.25) is 0 Å². The molecule has 17 heavy (non-hydrogen) atoms. The summed E-state index contributed by atoms with van der Waals surface area (Å²) in [5.41, 5.74) is 0. The largest absolute Gasteiger partial charge is 0.480 e. The van der Waals surface area contributed by atoms with E-state index in [0.29, 0.717) is 6.42 Å². The van der Waals surface area contributed by atoms with Gasteiger partial charge in [-0.05, 0) is 19.3 Å². The number of carbonyl (C=O) groups excluding carboxylic acids is 1. The predicted octanol–water partition coefficient (Wildman–Crippen LogP) is 1.97. The summed E-state index contributed by atoms with van der Waals surface area (Å²) in [6, 6.07) is -1.17. The lowest BCUT2D eigenvalue weighted by Gasteiger charge is -2.22. The van der Waals surface area contributed by atoms with Crippen LogP contribution in [0.15, 0.2) is 0 Å². The van der Waals surface area contributed by atoms with Crippen molar-refractivity contribution in [2.75, 3.05) is 0 Å². The topological polar surface area (TPSA) is 78.4 Å². The van der Waals surface area contributed by atoms with Gasteiger partial charge in [-0.1, -0.05) is 33.6 Å². The molecule has 100 valence electrons. The Kier molecular flexibility index (Phi) is 7.34. The van der Waals surface area contributed by atoms with Crippen LogP contribution in [-0.4, -0.2) is 29.2 Å². The first-order valence-corrected chi connectivity index (χ1v) is 6.22. The van der Waals surface area contributed by atoms with Gasteiger partial charge in [0.1, 0.15) is 6.04 Å².